The molecule has 2 heterocycles. The topological polar surface area (TPSA) is 58.6 Å². The van der Waals surface area contributed by atoms with Crippen LogP contribution in [0.4, 0.5) is 14.6 Å². The van der Waals surface area contributed by atoms with Crippen molar-refractivity contribution in [2.75, 3.05) is 37.7 Å². The molecule has 1 fully saturated rings. The van der Waals surface area contributed by atoms with Crippen molar-refractivity contribution in [3.8, 4) is 17.0 Å². The zero-order valence-electron chi connectivity index (χ0n) is 17.1. The molecule has 0 bridgehead atoms. The fourth-order valence-electron chi connectivity index (χ4n) is 3.57. The van der Waals surface area contributed by atoms with Crippen LogP contribution in [-0.2, 0) is 0 Å². The third-order valence-electron chi connectivity index (χ3n) is 5.18. The van der Waals surface area contributed by atoms with E-state index in [4.69, 9.17) is 4.74 Å². The molecule has 0 spiro atoms. The van der Waals surface area contributed by atoms with Gasteiger partial charge >= 0.3 is 0 Å². The number of benzene rings is 2. The van der Waals surface area contributed by atoms with Gasteiger partial charge < -0.3 is 14.5 Å². The molecule has 6 nitrogen and oxygen atoms in total. The first-order chi connectivity index (χ1) is 15.1. The molecule has 0 atom stereocenters. The Morgan fingerprint density at radius 3 is 2.32 bits per heavy atom. The third kappa shape index (κ3) is 4.47. The molecule has 160 valence electrons. The number of carbonyl (C=O) groups excluding carboxylic acids is 1. The van der Waals surface area contributed by atoms with Crippen molar-refractivity contribution in [2.45, 2.75) is 6.92 Å². The first-order valence-corrected chi connectivity index (χ1v) is 10.1. The second-order valence-electron chi connectivity index (χ2n) is 7.09. The first-order valence-electron chi connectivity index (χ1n) is 10.1. The molecule has 0 radical (unpaired) electrons. The molecule has 1 aliphatic heterocycles. The Bertz CT molecular complexity index is 1050. The number of aromatic nitrogens is 2. The molecule has 4 rings (SSSR count). The van der Waals surface area contributed by atoms with Crippen molar-refractivity contribution in [2.24, 2.45) is 0 Å². The summed E-state index contributed by atoms with van der Waals surface area (Å²) in [5.74, 6) is -0.782. The predicted molar refractivity (Wildman–Crippen MR) is 113 cm³/mol. The summed E-state index contributed by atoms with van der Waals surface area (Å²) in [6.07, 6.45) is 1.51. The molecule has 0 saturated carbocycles. The van der Waals surface area contributed by atoms with Crippen molar-refractivity contribution >= 4 is 11.7 Å². The molecule has 1 amide bonds. The summed E-state index contributed by atoms with van der Waals surface area (Å²) in [6, 6.07) is 13.0. The van der Waals surface area contributed by atoms with Crippen LogP contribution in [0.1, 0.15) is 17.3 Å². The number of rotatable bonds is 5. The van der Waals surface area contributed by atoms with Gasteiger partial charge in [0, 0.05) is 37.8 Å². The Balaban J connectivity index is 1.44. The standard InChI is InChI=1S/C23H22F2N4O2/c1-2-31-17-8-6-16(7-9-17)20-14-21(27-15-26-20)28-10-12-29(13-11-28)23(30)22-18(24)4-3-5-19(22)25/h3-9,14-15H,2,10-13H2,1H3. The normalized spacial score (nSPS) is 13.9. The molecule has 2 aromatic carbocycles. The van der Waals surface area contributed by atoms with Gasteiger partial charge in [-0.15, -0.1) is 0 Å². The summed E-state index contributed by atoms with van der Waals surface area (Å²) >= 11 is 0. The van der Waals surface area contributed by atoms with Crippen LogP contribution in [0, 0.1) is 11.6 Å². The highest BCUT2D eigenvalue weighted by molar-refractivity contribution is 5.95. The van der Waals surface area contributed by atoms with E-state index < -0.39 is 23.1 Å². The summed E-state index contributed by atoms with van der Waals surface area (Å²) in [5.41, 5.74) is 1.21. The third-order valence-corrected chi connectivity index (χ3v) is 5.18. The van der Waals surface area contributed by atoms with Crippen molar-refractivity contribution in [1.29, 1.82) is 0 Å². The number of ether oxygens (including phenoxy) is 1. The summed E-state index contributed by atoms with van der Waals surface area (Å²) in [7, 11) is 0. The van der Waals surface area contributed by atoms with E-state index in [1.807, 2.05) is 42.2 Å². The fourth-order valence-corrected chi connectivity index (χ4v) is 3.57. The van der Waals surface area contributed by atoms with Gasteiger partial charge in [-0.05, 0) is 43.3 Å². The van der Waals surface area contributed by atoms with Gasteiger partial charge in [-0.25, -0.2) is 18.7 Å². The van der Waals surface area contributed by atoms with Crippen molar-refractivity contribution < 1.29 is 18.3 Å². The second-order valence-corrected chi connectivity index (χ2v) is 7.09. The highest BCUT2D eigenvalue weighted by Gasteiger charge is 2.27. The predicted octanol–water partition coefficient (Wildman–Crippen LogP) is 3.78. The summed E-state index contributed by atoms with van der Waals surface area (Å²) < 4.78 is 33.4. The van der Waals surface area contributed by atoms with E-state index in [9.17, 15) is 13.6 Å². The Morgan fingerprint density at radius 2 is 1.68 bits per heavy atom. The van der Waals surface area contributed by atoms with E-state index in [1.165, 1.54) is 17.3 Å². The molecular weight excluding hydrogens is 402 g/mol. The number of nitrogens with zero attached hydrogens (tertiary/aromatic N) is 4. The molecule has 3 aromatic rings. The van der Waals surface area contributed by atoms with Crippen molar-refractivity contribution in [1.82, 2.24) is 14.9 Å². The maximum absolute atomic E-state index is 13.9. The van der Waals surface area contributed by atoms with Gasteiger partial charge in [0.25, 0.3) is 5.91 Å². The molecule has 0 aliphatic carbocycles. The average Bonchev–Trinajstić information content (AvgIpc) is 2.80. The molecule has 8 heteroatoms. The summed E-state index contributed by atoms with van der Waals surface area (Å²) in [6.45, 7) is 4.23. The minimum Gasteiger partial charge on any atom is -0.494 e. The highest BCUT2D eigenvalue weighted by atomic mass is 19.1. The maximum Gasteiger partial charge on any atom is 0.259 e. The minimum absolute atomic E-state index is 0.342. The fraction of sp³-hybridized carbons (Fsp3) is 0.261. The van der Waals surface area contributed by atoms with Crippen LogP contribution >= 0.6 is 0 Å². The number of hydrogen-bond donors (Lipinski definition) is 0. The molecule has 1 aliphatic rings. The largest absolute Gasteiger partial charge is 0.494 e. The van der Waals surface area contributed by atoms with E-state index in [1.54, 1.807) is 0 Å². The number of anilines is 1. The summed E-state index contributed by atoms with van der Waals surface area (Å²) in [5, 5.41) is 0. The van der Waals surface area contributed by atoms with Gasteiger partial charge in [-0.2, -0.15) is 0 Å². The SMILES string of the molecule is CCOc1ccc(-c2cc(N3CCN(C(=O)c4c(F)cccc4F)CC3)ncn2)cc1. The van der Waals surface area contributed by atoms with Crippen molar-refractivity contribution in [3.63, 3.8) is 0 Å². The molecule has 1 aromatic heterocycles. The zero-order valence-corrected chi connectivity index (χ0v) is 17.1. The zero-order chi connectivity index (χ0) is 21.8. The quantitative estimate of drug-likeness (QED) is 0.624. The number of carbonyl (C=O) groups is 1. The number of piperazine rings is 1. The van der Waals surface area contributed by atoms with Crippen LogP contribution in [0.5, 0.6) is 5.75 Å². The van der Waals surface area contributed by atoms with E-state index in [2.05, 4.69) is 9.97 Å². The smallest absolute Gasteiger partial charge is 0.259 e. The molecule has 31 heavy (non-hydrogen) atoms. The van der Waals surface area contributed by atoms with E-state index >= 15 is 0 Å². The Kier molecular flexibility index (Phi) is 6.06. The number of halogens is 2. The molecule has 0 N–H and O–H groups in total. The number of amides is 1. The second kappa shape index (κ2) is 9.07. The lowest BCUT2D eigenvalue weighted by Crippen LogP contribution is -2.49. The van der Waals surface area contributed by atoms with Gasteiger partial charge in [-0.3, -0.25) is 4.79 Å². The van der Waals surface area contributed by atoms with Crippen LogP contribution in [0.3, 0.4) is 0 Å². The highest BCUT2D eigenvalue weighted by Crippen LogP contribution is 2.24. The monoisotopic (exact) mass is 424 g/mol. The lowest BCUT2D eigenvalue weighted by molar-refractivity contribution is 0.0736. The summed E-state index contributed by atoms with van der Waals surface area (Å²) in [4.78, 5) is 24.8. The van der Waals surface area contributed by atoms with Gasteiger partial charge in [0.1, 0.15) is 35.1 Å². The molecule has 0 unspecified atom stereocenters. The van der Waals surface area contributed by atoms with E-state index in [0.29, 0.717) is 32.8 Å². The molecular formula is C23H22F2N4O2. The first kappa shape index (κ1) is 20.7. The van der Waals surface area contributed by atoms with Crippen LogP contribution in [0.15, 0.2) is 54.9 Å². The minimum atomic E-state index is -0.844. The van der Waals surface area contributed by atoms with Crippen LogP contribution in [0.25, 0.3) is 11.3 Å². The molecule has 1 saturated heterocycles. The van der Waals surface area contributed by atoms with Gasteiger partial charge in [0.2, 0.25) is 0 Å². The van der Waals surface area contributed by atoms with Gasteiger partial charge in [0.15, 0.2) is 0 Å². The van der Waals surface area contributed by atoms with Crippen LogP contribution < -0.4 is 9.64 Å². The van der Waals surface area contributed by atoms with Crippen LogP contribution in [0.2, 0.25) is 0 Å². The van der Waals surface area contributed by atoms with Gasteiger partial charge in [-0.1, -0.05) is 6.07 Å². The lowest BCUT2D eigenvalue weighted by atomic mass is 10.1. The lowest BCUT2D eigenvalue weighted by Gasteiger charge is -2.35. The van der Waals surface area contributed by atoms with E-state index in [-0.39, 0.29) is 0 Å². The van der Waals surface area contributed by atoms with E-state index in [0.717, 1.165) is 35.0 Å². The Hall–Kier alpha value is -3.55. The van der Waals surface area contributed by atoms with Gasteiger partial charge in [0.05, 0.1) is 12.3 Å². The average molecular weight is 424 g/mol. The Morgan fingerprint density at radius 1 is 1.00 bits per heavy atom. The number of hydrogen-bond acceptors (Lipinski definition) is 5. The maximum atomic E-state index is 13.9. The van der Waals surface area contributed by atoms with Crippen molar-refractivity contribution in [3.05, 3.63) is 72.1 Å². The van der Waals surface area contributed by atoms with Crippen LogP contribution in [-0.4, -0.2) is 53.6 Å². The Labute approximate surface area is 179 Å².